The molecule has 0 aliphatic carbocycles. The summed E-state index contributed by atoms with van der Waals surface area (Å²) in [5, 5.41) is 0. The lowest BCUT2D eigenvalue weighted by Gasteiger charge is -2.17. The molecule has 0 saturated carbocycles. The van der Waals surface area contributed by atoms with Crippen molar-refractivity contribution in [3.8, 4) is 101 Å². The van der Waals surface area contributed by atoms with Gasteiger partial charge in [0.25, 0.3) is 0 Å². The van der Waals surface area contributed by atoms with Gasteiger partial charge >= 0.3 is 0 Å². The molecule has 2 heterocycles. The second kappa shape index (κ2) is 16.3. The van der Waals surface area contributed by atoms with E-state index in [4.69, 9.17) is 0 Å². The predicted octanol–water partition coefficient (Wildman–Crippen LogP) is 13.1. The van der Waals surface area contributed by atoms with Crippen LogP contribution in [0.3, 0.4) is 0 Å². The van der Waals surface area contributed by atoms with Gasteiger partial charge < -0.3 is 0 Å². The Bertz CT molecular complexity index is 2530. The molecular weight excluding hydrogens is 733 g/mol. The van der Waals surface area contributed by atoms with Gasteiger partial charge in [0.1, 0.15) is 25.3 Å². The summed E-state index contributed by atoms with van der Waals surface area (Å²) in [7, 11) is 0. The molecule has 10 aromatic rings. The highest BCUT2D eigenvalue weighted by molar-refractivity contribution is 5.89. The van der Waals surface area contributed by atoms with E-state index in [1.54, 1.807) is 0 Å². The zero-order valence-corrected chi connectivity index (χ0v) is 32.5. The Labute approximate surface area is 348 Å². The molecule has 2 aromatic heterocycles. The average molecular weight is 769 g/mol. The minimum absolute atomic E-state index is 0.560. The van der Waals surface area contributed by atoms with Gasteiger partial charge in [0.15, 0.2) is 11.6 Å². The van der Waals surface area contributed by atoms with Crippen LogP contribution in [-0.2, 0) is 0 Å². The van der Waals surface area contributed by atoms with Crippen molar-refractivity contribution in [1.82, 2.24) is 29.9 Å². The smallest absolute Gasteiger partial charge is 0.162 e. The largest absolute Gasteiger partial charge is 0.225 e. The van der Waals surface area contributed by atoms with Crippen molar-refractivity contribution >= 4 is 0 Å². The van der Waals surface area contributed by atoms with Gasteiger partial charge in [0.05, 0.1) is 0 Å². The van der Waals surface area contributed by atoms with E-state index in [2.05, 4.69) is 218 Å². The SMILES string of the molecule is c1ccc(-c2cc(-c3ccccc3)cc(-c3cc(-c4cc(-c5ccccc5)cc(-c5ccccc5)c4)cc(-c4cc(-c5ncncn5)cc(-c5ncncn5)c4)c3)c2)cc1. The summed E-state index contributed by atoms with van der Waals surface area (Å²) in [6.07, 6.45) is 6.07. The van der Waals surface area contributed by atoms with Crippen LogP contribution in [0.4, 0.5) is 0 Å². The molecule has 6 heteroatoms. The Morgan fingerprint density at radius 2 is 0.367 bits per heavy atom. The van der Waals surface area contributed by atoms with Crippen molar-refractivity contribution in [2.45, 2.75) is 0 Å². The van der Waals surface area contributed by atoms with Crippen LogP contribution in [0.2, 0.25) is 0 Å². The third-order valence-corrected chi connectivity index (χ3v) is 10.7. The fourth-order valence-corrected chi connectivity index (χ4v) is 7.73. The standard InChI is InChI=1S/C54H36N6/c1-5-13-37(14-6-1)41-21-42(38-15-7-2-8-16-38)24-45(23-41)47-27-48(46-25-43(39-17-9-3-10-18-39)22-44(26-46)40-19-11-4-12-20-40)29-49(28-47)50-30-51(53-57-33-55-34-58-53)32-52(31-50)54-59-35-56-36-60-54/h1-36H. The molecule has 0 unspecified atom stereocenters. The van der Waals surface area contributed by atoms with Crippen LogP contribution in [0.25, 0.3) is 101 Å². The highest BCUT2D eigenvalue weighted by Crippen LogP contribution is 2.41. The molecule has 282 valence electrons. The molecule has 6 nitrogen and oxygen atoms in total. The third-order valence-electron chi connectivity index (χ3n) is 10.7. The molecule has 0 radical (unpaired) electrons. The van der Waals surface area contributed by atoms with E-state index in [1.807, 2.05) is 6.07 Å². The van der Waals surface area contributed by atoms with Crippen molar-refractivity contribution in [3.05, 3.63) is 219 Å². The van der Waals surface area contributed by atoms with Gasteiger partial charge in [0.2, 0.25) is 0 Å². The summed E-state index contributed by atoms with van der Waals surface area (Å²) < 4.78 is 0. The summed E-state index contributed by atoms with van der Waals surface area (Å²) in [4.78, 5) is 26.3. The maximum atomic E-state index is 4.53. The van der Waals surface area contributed by atoms with Crippen LogP contribution < -0.4 is 0 Å². The highest BCUT2D eigenvalue weighted by atomic mass is 15.0. The van der Waals surface area contributed by atoms with E-state index in [1.165, 1.54) is 25.3 Å². The number of aromatic nitrogens is 6. The summed E-state index contributed by atoms with van der Waals surface area (Å²) in [6, 6.07) is 69.3. The Morgan fingerprint density at radius 3 is 0.600 bits per heavy atom. The summed E-state index contributed by atoms with van der Waals surface area (Å²) >= 11 is 0. The quantitative estimate of drug-likeness (QED) is 0.145. The first-order valence-corrected chi connectivity index (χ1v) is 19.8. The van der Waals surface area contributed by atoms with E-state index in [0.29, 0.717) is 11.6 Å². The molecular formula is C54H36N6. The number of benzene rings is 8. The molecule has 8 aromatic carbocycles. The first kappa shape index (κ1) is 36.1. The first-order chi connectivity index (χ1) is 29.7. The zero-order chi connectivity index (χ0) is 40.1. The normalized spacial score (nSPS) is 11.0. The van der Waals surface area contributed by atoms with Crippen molar-refractivity contribution in [2.75, 3.05) is 0 Å². The molecule has 60 heavy (non-hydrogen) atoms. The molecule has 0 atom stereocenters. The van der Waals surface area contributed by atoms with Crippen LogP contribution in [0.15, 0.2) is 219 Å². The van der Waals surface area contributed by atoms with Gasteiger partial charge in [-0.3, -0.25) is 0 Å². The maximum absolute atomic E-state index is 4.53. The minimum Gasteiger partial charge on any atom is -0.225 e. The van der Waals surface area contributed by atoms with E-state index in [0.717, 1.165) is 89.0 Å². The van der Waals surface area contributed by atoms with Gasteiger partial charge in [0, 0.05) is 11.1 Å². The molecule has 0 aliphatic rings. The monoisotopic (exact) mass is 768 g/mol. The molecule has 0 N–H and O–H groups in total. The molecule has 0 saturated heterocycles. The molecule has 10 rings (SSSR count). The molecule has 0 aliphatic heterocycles. The molecule has 0 bridgehead atoms. The number of hydrogen-bond donors (Lipinski definition) is 0. The lowest BCUT2D eigenvalue weighted by molar-refractivity contribution is 1.05. The average Bonchev–Trinajstić information content (AvgIpc) is 3.35. The third kappa shape index (κ3) is 7.73. The first-order valence-electron chi connectivity index (χ1n) is 19.8. The van der Waals surface area contributed by atoms with Crippen LogP contribution >= 0.6 is 0 Å². The number of hydrogen-bond acceptors (Lipinski definition) is 6. The Kier molecular flexibility index (Phi) is 9.84. The predicted molar refractivity (Wildman–Crippen MR) is 242 cm³/mol. The minimum atomic E-state index is 0.560. The van der Waals surface area contributed by atoms with Gasteiger partial charge in [-0.1, -0.05) is 121 Å². The second-order valence-corrected chi connectivity index (χ2v) is 14.6. The van der Waals surface area contributed by atoms with Gasteiger partial charge in [-0.2, -0.15) is 0 Å². The van der Waals surface area contributed by atoms with Crippen LogP contribution in [-0.4, -0.2) is 29.9 Å². The fraction of sp³-hybridized carbons (Fsp3) is 0. The Balaban J connectivity index is 1.24. The lowest BCUT2D eigenvalue weighted by Crippen LogP contribution is -1.95. The molecule has 0 spiro atoms. The van der Waals surface area contributed by atoms with Crippen molar-refractivity contribution in [1.29, 1.82) is 0 Å². The summed E-state index contributed by atoms with van der Waals surface area (Å²) in [6.45, 7) is 0. The Morgan fingerprint density at radius 1 is 0.183 bits per heavy atom. The van der Waals surface area contributed by atoms with E-state index >= 15 is 0 Å². The second-order valence-electron chi connectivity index (χ2n) is 14.6. The number of nitrogens with zero attached hydrogens (tertiary/aromatic N) is 6. The van der Waals surface area contributed by atoms with Crippen molar-refractivity contribution < 1.29 is 0 Å². The van der Waals surface area contributed by atoms with Crippen LogP contribution in [0.1, 0.15) is 0 Å². The maximum Gasteiger partial charge on any atom is 0.162 e. The van der Waals surface area contributed by atoms with E-state index in [9.17, 15) is 0 Å². The van der Waals surface area contributed by atoms with Crippen LogP contribution in [0.5, 0.6) is 0 Å². The fourth-order valence-electron chi connectivity index (χ4n) is 7.73. The lowest BCUT2D eigenvalue weighted by atomic mass is 9.88. The van der Waals surface area contributed by atoms with Gasteiger partial charge in [-0.05, 0) is 151 Å². The Hall–Kier alpha value is -8.22. The summed E-state index contributed by atoms with van der Waals surface area (Å²) in [5.74, 6) is 1.12. The zero-order valence-electron chi connectivity index (χ0n) is 32.5. The number of rotatable bonds is 9. The van der Waals surface area contributed by atoms with Crippen molar-refractivity contribution in [3.63, 3.8) is 0 Å². The van der Waals surface area contributed by atoms with Crippen LogP contribution in [0, 0.1) is 0 Å². The van der Waals surface area contributed by atoms with Gasteiger partial charge in [-0.25, -0.2) is 29.9 Å². The topological polar surface area (TPSA) is 77.3 Å². The highest BCUT2D eigenvalue weighted by Gasteiger charge is 2.16. The molecule has 0 amide bonds. The summed E-state index contributed by atoms with van der Waals surface area (Å²) in [5.41, 5.74) is 17.2. The van der Waals surface area contributed by atoms with E-state index < -0.39 is 0 Å². The van der Waals surface area contributed by atoms with E-state index in [-0.39, 0.29) is 0 Å². The van der Waals surface area contributed by atoms with Gasteiger partial charge in [-0.15, -0.1) is 0 Å². The van der Waals surface area contributed by atoms with Crippen molar-refractivity contribution in [2.24, 2.45) is 0 Å². The molecule has 0 fully saturated rings.